The van der Waals surface area contributed by atoms with Crippen LogP contribution in [0.25, 0.3) is 0 Å². The Labute approximate surface area is 122 Å². The summed E-state index contributed by atoms with van der Waals surface area (Å²) in [5.74, 6) is 2.19. The zero-order valence-electron chi connectivity index (χ0n) is 13.2. The van der Waals surface area contributed by atoms with Gasteiger partial charge in [0.1, 0.15) is 11.5 Å². The molecule has 0 fully saturated rings. The lowest BCUT2D eigenvalue weighted by atomic mass is 9.84. The first-order valence-electron chi connectivity index (χ1n) is 7.50. The lowest BCUT2D eigenvalue weighted by Crippen LogP contribution is -2.15. The van der Waals surface area contributed by atoms with Crippen molar-refractivity contribution in [2.45, 2.75) is 45.4 Å². The summed E-state index contributed by atoms with van der Waals surface area (Å²) in [6, 6.07) is 5.95. The quantitative estimate of drug-likeness (QED) is 0.695. The number of aliphatic hydroxyl groups is 1. The van der Waals surface area contributed by atoms with Crippen LogP contribution in [0.2, 0.25) is 0 Å². The molecule has 0 radical (unpaired) electrons. The summed E-state index contributed by atoms with van der Waals surface area (Å²) in [5.41, 5.74) is 1.16. The molecule has 1 aromatic carbocycles. The van der Waals surface area contributed by atoms with Crippen LogP contribution < -0.4 is 9.47 Å². The zero-order valence-corrected chi connectivity index (χ0v) is 13.2. The van der Waals surface area contributed by atoms with Gasteiger partial charge in [0.2, 0.25) is 0 Å². The third-order valence-electron chi connectivity index (χ3n) is 4.02. The van der Waals surface area contributed by atoms with Crippen molar-refractivity contribution in [2.75, 3.05) is 20.8 Å². The summed E-state index contributed by atoms with van der Waals surface area (Å²) in [6.07, 6.45) is 4.67. The minimum absolute atomic E-state index is 0.227. The van der Waals surface area contributed by atoms with Gasteiger partial charge in [0.15, 0.2) is 0 Å². The molecule has 0 aromatic heterocycles. The van der Waals surface area contributed by atoms with E-state index in [1.807, 2.05) is 18.2 Å². The van der Waals surface area contributed by atoms with Crippen molar-refractivity contribution in [2.24, 2.45) is 5.92 Å². The average Bonchev–Trinajstić information content (AvgIpc) is 2.50. The molecule has 1 aromatic rings. The second-order valence-electron chi connectivity index (χ2n) is 5.37. The molecule has 1 N–H and O–H groups in total. The van der Waals surface area contributed by atoms with E-state index in [1.165, 1.54) is 19.3 Å². The summed E-state index contributed by atoms with van der Waals surface area (Å²) in [5, 5.41) is 9.65. The Kier molecular flexibility index (Phi) is 7.45. The van der Waals surface area contributed by atoms with E-state index in [0.29, 0.717) is 11.8 Å². The molecule has 0 heterocycles. The zero-order chi connectivity index (χ0) is 15.0. The molecule has 0 aliphatic rings. The number of methoxy groups -OCH3 is 2. The van der Waals surface area contributed by atoms with Crippen LogP contribution in [0.15, 0.2) is 18.2 Å². The van der Waals surface area contributed by atoms with Crippen LogP contribution in [-0.4, -0.2) is 25.9 Å². The van der Waals surface area contributed by atoms with Crippen molar-refractivity contribution in [3.8, 4) is 11.5 Å². The van der Waals surface area contributed by atoms with Gasteiger partial charge in [-0.2, -0.15) is 0 Å². The van der Waals surface area contributed by atoms with Gasteiger partial charge in [0.05, 0.1) is 14.2 Å². The average molecular weight is 280 g/mol. The molecule has 0 aliphatic carbocycles. The minimum Gasteiger partial charge on any atom is -0.497 e. The van der Waals surface area contributed by atoms with E-state index >= 15 is 0 Å². The van der Waals surface area contributed by atoms with Gasteiger partial charge in [-0.25, -0.2) is 0 Å². The summed E-state index contributed by atoms with van der Waals surface area (Å²) in [6.45, 7) is 4.59. The SMILES string of the molecule is CCCCCC(CO)C(C)c1cc(OC)cc(OC)c1. The van der Waals surface area contributed by atoms with Crippen LogP contribution in [0.3, 0.4) is 0 Å². The highest BCUT2D eigenvalue weighted by atomic mass is 16.5. The number of unbranched alkanes of at least 4 members (excludes halogenated alkanes) is 2. The smallest absolute Gasteiger partial charge is 0.122 e. The topological polar surface area (TPSA) is 38.7 Å². The van der Waals surface area contributed by atoms with Crippen molar-refractivity contribution in [3.05, 3.63) is 23.8 Å². The number of rotatable bonds is 9. The number of benzene rings is 1. The molecule has 0 bridgehead atoms. The number of ether oxygens (including phenoxy) is 2. The van der Waals surface area contributed by atoms with Crippen LogP contribution in [-0.2, 0) is 0 Å². The van der Waals surface area contributed by atoms with Gasteiger partial charge in [-0.15, -0.1) is 0 Å². The second-order valence-corrected chi connectivity index (χ2v) is 5.37. The standard InChI is InChI=1S/C17H28O3/c1-5-6-7-8-14(12-18)13(2)15-9-16(19-3)11-17(10-15)20-4/h9-11,13-14,18H,5-8,12H2,1-4H3. The highest BCUT2D eigenvalue weighted by molar-refractivity contribution is 5.40. The summed E-state index contributed by atoms with van der Waals surface area (Å²) in [4.78, 5) is 0. The Balaban J connectivity index is 2.84. The van der Waals surface area contributed by atoms with Gasteiger partial charge in [0, 0.05) is 12.7 Å². The van der Waals surface area contributed by atoms with Gasteiger partial charge < -0.3 is 14.6 Å². The van der Waals surface area contributed by atoms with E-state index in [2.05, 4.69) is 13.8 Å². The molecular formula is C17H28O3. The van der Waals surface area contributed by atoms with Gasteiger partial charge >= 0.3 is 0 Å². The first kappa shape index (κ1) is 16.8. The Morgan fingerprint density at radius 1 is 1.05 bits per heavy atom. The van der Waals surface area contributed by atoms with Crippen molar-refractivity contribution in [3.63, 3.8) is 0 Å². The molecule has 114 valence electrons. The predicted molar refractivity (Wildman–Crippen MR) is 82.7 cm³/mol. The van der Waals surface area contributed by atoms with Crippen LogP contribution >= 0.6 is 0 Å². The van der Waals surface area contributed by atoms with E-state index in [-0.39, 0.29) is 6.61 Å². The second kappa shape index (κ2) is 8.85. The molecule has 0 saturated heterocycles. The maximum absolute atomic E-state index is 9.65. The lowest BCUT2D eigenvalue weighted by molar-refractivity contribution is 0.196. The highest BCUT2D eigenvalue weighted by Gasteiger charge is 2.19. The van der Waals surface area contributed by atoms with Gasteiger partial charge in [-0.1, -0.05) is 33.1 Å². The van der Waals surface area contributed by atoms with Crippen molar-refractivity contribution in [1.29, 1.82) is 0 Å². The summed E-state index contributed by atoms with van der Waals surface area (Å²) < 4.78 is 10.6. The fourth-order valence-electron chi connectivity index (χ4n) is 2.52. The van der Waals surface area contributed by atoms with E-state index in [9.17, 15) is 5.11 Å². The molecule has 0 spiro atoms. The Morgan fingerprint density at radius 2 is 1.65 bits per heavy atom. The molecule has 0 amide bonds. The number of hydrogen-bond donors (Lipinski definition) is 1. The molecule has 2 unspecified atom stereocenters. The first-order valence-corrected chi connectivity index (χ1v) is 7.50. The number of aliphatic hydroxyl groups excluding tert-OH is 1. The maximum Gasteiger partial charge on any atom is 0.122 e. The third-order valence-corrected chi connectivity index (χ3v) is 4.02. The van der Waals surface area contributed by atoms with Crippen molar-refractivity contribution in [1.82, 2.24) is 0 Å². The number of hydrogen-bond acceptors (Lipinski definition) is 3. The maximum atomic E-state index is 9.65. The molecule has 2 atom stereocenters. The summed E-state index contributed by atoms with van der Waals surface area (Å²) >= 11 is 0. The van der Waals surface area contributed by atoms with Crippen molar-refractivity contribution < 1.29 is 14.6 Å². The molecule has 0 aliphatic heterocycles. The molecule has 0 saturated carbocycles. The minimum atomic E-state index is 0.227. The fraction of sp³-hybridized carbons (Fsp3) is 0.647. The Bertz CT molecular complexity index is 368. The third kappa shape index (κ3) is 4.71. The Morgan fingerprint density at radius 3 is 2.10 bits per heavy atom. The van der Waals surface area contributed by atoms with Crippen LogP contribution in [0.4, 0.5) is 0 Å². The monoisotopic (exact) mass is 280 g/mol. The van der Waals surface area contributed by atoms with Crippen LogP contribution in [0.1, 0.15) is 51.0 Å². The first-order chi connectivity index (χ1) is 9.65. The molecular weight excluding hydrogens is 252 g/mol. The van der Waals surface area contributed by atoms with E-state index in [1.54, 1.807) is 14.2 Å². The van der Waals surface area contributed by atoms with Gasteiger partial charge in [-0.05, 0) is 36.0 Å². The van der Waals surface area contributed by atoms with Crippen LogP contribution in [0, 0.1) is 5.92 Å². The molecule has 1 rings (SSSR count). The van der Waals surface area contributed by atoms with E-state index < -0.39 is 0 Å². The summed E-state index contributed by atoms with van der Waals surface area (Å²) in [7, 11) is 3.32. The lowest BCUT2D eigenvalue weighted by Gasteiger charge is -2.23. The normalized spacial score (nSPS) is 13.8. The van der Waals surface area contributed by atoms with Crippen molar-refractivity contribution >= 4 is 0 Å². The molecule has 3 heteroatoms. The Hall–Kier alpha value is -1.22. The molecule has 3 nitrogen and oxygen atoms in total. The van der Waals surface area contributed by atoms with E-state index in [4.69, 9.17) is 9.47 Å². The largest absolute Gasteiger partial charge is 0.497 e. The van der Waals surface area contributed by atoms with Gasteiger partial charge in [-0.3, -0.25) is 0 Å². The predicted octanol–water partition coefficient (Wildman–Crippen LogP) is 4.00. The highest BCUT2D eigenvalue weighted by Crippen LogP contribution is 2.33. The molecule has 20 heavy (non-hydrogen) atoms. The van der Waals surface area contributed by atoms with E-state index in [0.717, 1.165) is 23.5 Å². The van der Waals surface area contributed by atoms with Gasteiger partial charge in [0.25, 0.3) is 0 Å². The fourth-order valence-corrected chi connectivity index (χ4v) is 2.52. The van der Waals surface area contributed by atoms with Crippen LogP contribution in [0.5, 0.6) is 11.5 Å².